The number of aromatic nitrogens is 1. The van der Waals surface area contributed by atoms with E-state index in [9.17, 15) is 53.3 Å². The third-order valence-electron chi connectivity index (χ3n) is 9.74. The van der Waals surface area contributed by atoms with Crippen molar-refractivity contribution >= 4 is 53.1 Å². The van der Waals surface area contributed by atoms with Crippen molar-refractivity contribution in [2.75, 3.05) is 18.9 Å². The van der Waals surface area contributed by atoms with Crippen molar-refractivity contribution in [2.45, 2.75) is 95.3 Å². The quantitative estimate of drug-likeness (QED) is 0.0644. The summed E-state index contributed by atoms with van der Waals surface area (Å²) in [6.07, 6.45) is -0.704. The molecule has 9 N–H and O–H groups in total. The van der Waals surface area contributed by atoms with Gasteiger partial charge in [0.15, 0.2) is 0 Å². The number of Topliss-reactive ketones (excluding diaryl/α,β-unsaturated/α-hetero) is 2. The number of carbonyl (C=O) groups is 7. The van der Waals surface area contributed by atoms with Crippen LogP contribution in [0.15, 0.2) is 60.8 Å². The molecule has 3 rings (SSSR count). The highest BCUT2D eigenvalue weighted by Crippen LogP contribution is 2.41. The van der Waals surface area contributed by atoms with Gasteiger partial charge in [-0.15, -0.1) is 11.8 Å². The number of benzene rings is 2. The maximum atomic E-state index is 15.1. The van der Waals surface area contributed by atoms with Gasteiger partial charge in [0, 0.05) is 61.1 Å². The van der Waals surface area contributed by atoms with Gasteiger partial charge in [0.05, 0.1) is 23.8 Å². The smallest absolute Gasteiger partial charge is 0.326 e. The third kappa shape index (κ3) is 15.2. The molecule has 0 aliphatic carbocycles. The number of nitrogens with one attached hydrogen (secondary N) is 1. The molecule has 332 valence electrons. The van der Waals surface area contributed by atoms with Crippen molar-refractivity contribution in [3.63, 3.8) is 0 Å². The van der Waals surface area contributed by atoms with Crippen LogP contribution < -0.4 is 16.8 Å². The van der Waals surface area contributed by atoms with E-state index in [1.807, 2.05) is 51.1 Å². The van der Waals surface area contributed by atoms with E-state index in [2.05, 4.69) is 5.32 Å². The standard InChI is InChI=1S/C42H53F2N5O11S/c1-42(2,3)38(33-17-25(28-18-26(43)9-12-29(28)44)21-48(33)20-24-7-5-4-6-8-24)49(36(53)22-50)16-15-30(45)39(56)47-32(41(59)60)13-10-27(51)11-14-34(52)35(19-37(54)55)61-23-31(46)40(57)58/h4-9,12,17-18,21,30-32,35,38,50H,10-11,13-16,19-20,22-23,45-46H2,1-3H3,(H,47,56)(H,54,55)(H,57,58)(H,59,60)/t30-,31-,32+,35?,38-/m0/s1. The fourth-order valence-electron chi connectivity index (χ4n) is 6.62. The maximum absolute atomic E-state index is 15.1. The Kier molecular flexibility index (Phi) is 18.7. The van der Waals surface area contributed by atoms with Crippen LogP contribution in [0.4, 0.5) is 8.78 Å². The van der Waals surface area contributed by atoms with E-state index < -0.39 is 101 Å². The van der Waals surface area contributed by atoms with Gasteiger partial charge >= 0.3 is 17.9 Å². The van der Waals surface area contributed by atoms with E-state index in [0.717, 1.165) is 35.5 Å². The minimum Gasteiger partial charge on any atom is -0.481 e. The first-order valence-electron chi connectivity index (χ1n) is 19.4. The van der Waals surface area contributed by atoms with Crippen LogP contribution in [-0.4, -0.2) is 113 Å². The number of thioether (sulfide) groups is 1. The number of amides is 2. The summed E-state index contributed by atoms with van der Waals surface area (Å²) in [6, 6.07) is 8.85. The van der Waals surface area contributed by atoms with Gasteiger partial charge in [-0.3, -0.25) is 28.8 Å². The summed E-state index contributed by atoms with van der Waals surface area (Å²) in [5, 5.41) is 39.2. The molecule has 0 aliphatic rings. The molecule has 2 aromatic carbocycles. The summed E-state index contributed by atoms with van der Waals surface area (Å²) in [5.74, 6) is -8.52. The first-order chi connectivity index (χ1) is 28.6. The van der Waals surface area contributed by atoms with Crippen LogP contribution >= 0.6 is 11.8 Å². The second-order valence-electron chi connectivity index (χ2n) is 15.6. The monoisotopic (exact) mass is 873 g/mol. The second kappa shape index (κ2) is 22.9. The zero-order valence-corrected chi connectivity index (χ0v) is 34.9. The molecule has 0 saturated heterocycles. The number of carbonyl (C=O) groups excluding carboxylic acids is 4. The van der Waals surface area contributed by atoms with E-state index >= 15 is 4.39 Å². The van der Waals surface area contributed by atoms with E-state index in [1.54, 1.807) is 16.8 Å². The lowest BCUT2D eigenvalue weighted by molar-refractivity contribution is -0.142. The average molecular weight is 874 g/mol. The van der Waals surface area contributed by atoms with Gasteiger partial charge < -0.3 is 46.7 Å². The minimum absolute atomic E-state index is 0.0123. The van der Waals surface area contributed by atoms with Crippen LogP contribution in [0.1, 0.15) is 76.6 Å². The molecule has 1 heterocycles. The zero-order chi connectivity index (χ0) is 45.6. The Bertz CT molecular complexity index is 2040. The molecular weight excluding hydrogens is 821 g/mol. The number of hydrogen-bond donors (Lipinski definition) is 7. The van der Waals surface area contributed by atoms with E-state index in [0.29, 0.717) is 11.3 Å². The summed E-state index contributed by atoms with van der Waals surface area (Å²) in [7, 11) is 0. The van der Waals surface area contributed by atoms with Crippen LogP contribution in [0.2, 0.25) is 0 Å². The number of halogens is 2. The largest absolute Gasteiger partial charge is 0.481 e. The molecule has 0 radical (unpaired) electrons. The molecule has 0 bridgehead atoms. The Morgan fingerprint density at radius 2 is 1.54 bits per heavy atom. The zero-order valence-electron chi connectivity index (χ0n) is 34.1. The number of ketones is 2. The normalized spacial score (nSPS) is 14.0. The lowest BCUT2D eigenvalue weighted by Crippen LogP contribution is -2.50. The number of aliphatic carboxylic acids is 3. The van der Waals surface area contributed by atoms with Crippen molar-refractivity contribution in [1.29, 1.82) is 0 Å². The number of hydrogen-bond acceptors (Lipinski definition) is 11. The molecule has 2 amide bonds. The fourth-order valence-corrected chi connectivity index (χ4v) is 7.76. The van der Waals surface area contributed by atoms with Crippen LogP contribution in [0.25, 0.3) is 11.1 Å². The highest BCUT2D eigenvalue weighted by molar-refractivity contribution is 8.00. The van der Waals surface area contributed by atoms with Crippen LogP contribution in [0.5, 0.6) is 0 Å². The number of rotatable bonds is 25. The third-order valence-corrected chi connectivity index (χ3v) is 11.1. The number of aliphatic hydroxyl groups excluding tert-OH is 1. The van der Waals surface area contributed by atoms with Crippen LogP contribution in [0, 0.1) is 17.0 Å². The predicted octanol–water partition coefficient (Wildman–Crippen LogP) is 3.36. The Hall–Kier alpha value is -5.50. The molecule has 0 fully saturated rings. The van der Waals surface area contributed by atoms with Gasteiger partial charge in [0.25, 0.3) is 0 Å². The maximum Gasteiger partial charge on any atom is 0.326 e. The van der Waals surface area contributed by atoms with E-state index in [4.69, 9.17) is 16.6 Å². The second-order valence-corrected chi connectivity index (χ2v) is 16.8. The number of aliphatic hydroxyl groups is 1. The highest BCUT2D eigenvalue weighted by Gasteiger charge is 2.38. The molecule has 61 heavy (non-hydrogen) atoms. The molecule has 5 atom stereocenters. The molecule has 0 saturated carbocycles. The van der Waals surface area contributed by atoms with Gasteiger partial charge in [-0.1, -0.05) is 51.1 Å². The number of carboxylic acid groups (broad SMARTS) is 3. The molecule has 3 aromatic rings. The summed E-state index contributed by atoms with van der Waals surface area (Å²) < 4.78 is 31.2. The van der Waals surface area contributed by atoms with Gasteiger partial charge in [-0.2, -0.15) is 0 Å². The molecule has 19 heteroatoms. The summed E-state index contributed by atoms with van der Waals surface area (Å²) in [4.78, 5) is 87.8. The fraction of sp³-hybridized carbons (Fsp3) is 0.452. The van der Waals surface area contributed by atoms with Gasteiger partial charge in [-0.25, -0.2) is 13.6 Å². The Labute approximate surface area is 355 Å². The lowest BCUT2D eigenvalue weighted by atomic mass is 9.82. The van der Waals surface area contributed by atoms with Gasteiger partial charge in [0.2, 0.25) is 11.8 Å². The highest BCUT2D eigenvalue weighted by atomic mass is 32.2. The molecule has 16 nitrogen and oxygen atoms in total. The molecular formula is C42H53F2N5O11S. The lowest BCUT2D eigenvalue weighted by Gasteiger charge is -2.41. The van der Waals surface area contributed by atoms with Crippen LogP contribution in [-0.2, 0) is 40.1 Å². The first-order valence-corrected chi connectivity index (χ1v) is 20.4. The number of nitrogens with zero attached hydrogens (tertiary/aromatic N) is 2. The van der Waals surface area contributed by atoms with Crippen molar-refractivity contribution in [3.05, 3.63) is 83.7 Å². The minimum atomic E-state index is -1.58. The van der Waals surface area contributed by atoms with Crippen molar-refractivity contribution in [2.24, 2.45) is 16.9 Å². The van der Waals surface area contributed by atoms with Crippen molar-refractivity contribution in [3.8, 4) is 11.1 Å². The molecule has 0 spiro atoms. The van der Waals surface area contributed by atoms with Gasteiger partial charge in [0.1, 0.15) is 41.9 Å². The summed E-state index contributed by atoms with van der Waals surface area (Å²) in [6.45, 7) is 4.66. The first kappa shape index (κ1) is 49.9. The predicted molar refractivity (Wildman–Crippen MR) is 221 cm³/mol. The van der Waals surface area contributed by atoms with Gasteiger partial charge in [-0.05, 0) is 48.1 Å². The Morgan fingerprint density at radius 1 is 0.869 bits per heavy atom. The average Bonchev–Trinajstić information content (AvgIpc) is 3.60. The Morgan fingerprint density at radius 3 is 2.13 bits per heavy atom. The van der Waals surface area contributed by atoms with E-state index in [1.165, 1.54) is 4.90 Å². The topological polar surface area (TPSA) is 273 Å². The summed E-state index contributed by atoms with van der Waals surface area (Å²) in [5.41, 5.74) is 12.6. The number of carboxylic acids is 3. The Balaban J connectivity index is 1.76. The molecule has 1 aromatic heterocycles. The van der Waals surface area contributed by atoms with Crippen molar-refractivity contribution in [1.82, 2.24) is 14.8 Å². The summed E-state index contributed by atoms with van der Waals surface area (Å²) >= 11 is 0.745. The van der Waals surface area contributed by atoms with Crippen LogP contribution in [0.3, 0.4) is 0 Å². The van der Waals surface area contributed by atoms with Crippen molar-refractivity contribution < 1.29 is 62.8 Å². The molecule has 1 unspecified atom stereocenters. The SMILES string of the molecule is CC(C)(C)[C@H](c1cc(-c2cc(F)ccc2F)cn1Cc1ccccc1)N(CC[C@H](N)C(=O)N[C@H](CCC(=O)CCC(=O)C(CC(=O)O)SC[C@H](N)C(=O)O)C(=O)O)C(=O)CO. The number of nitrogens with two attached hydrogens (primary N) is 2. The molecule has 0 aliphatic heterocycles. The van der Waals surface area contributed by atoms with E-state index in [-0.39, 0.29) is 56.5 Å².